The van der Waals surface area contributed by atoms with Gasteiger partial charge >= 0.3 is 0 Å². The van der Waals surface area contributed by atoms with Crippen LogP contribution in [0, 0.1) is 17.0 Å². The number of carbonyl (C=O) groups is 2. The van der Waals surface area contributed by atoms with E-state index < -0.39 is 39.0 Å². The molecule has 2 amide bonds. The molecule has 0 spiro atoms. The zero-order valence-corrected chi connectivity index (χ0v) is 24.7. The molecule has 0 aromatic heterocycles. The molecular formula is C30H36N4O6S. The molecule has 0 radical (unpaired) electrons. The van der Waals surface area contributed by atoms with Gasteiger partial charge in [0.15, 0.2) is 0 Å². The Morgan fingerprint density at radius 3 is 2.02 bits per heavy atom. The van der Waals surface area contributed by atoms with Gasteiger partial charge in [0, 0.05) is 30.6 Å². The quantitative estimate of drug-likeness (QED) is 0.267. The number of rotatable bonds is 11. The van der Waals surface area contributed by atoms with Crippen LogP contribution in [0.3, 0.4) is 0 Å². The number of nitrogens with one attached hydrogen (secondary N) is 1. The molecule has 0 aliphatic heterocycles. The zero-order chi connectivity index (χ0) is 30.4. The van der Waals surface area contributed by atoms with Gasteiger partial charge in [0.25, 0.3) is 5.69 Å². The summed E-state index contributed by atoms with van der Waals surface area (Å²) >= 11 is 0. The van der Waals surface area contributed by atoms with Gasteiger partial charge in [-0.15, -0.1) is 0 Å². The smallest absolute Gasteiger partial charge is 0.271 e. The van der Waals surface area contributed by atoms with Crippen molar-refractivity contribution in [3.8, 4) is 0 Å². The maximum Gasteiger partial charge on any atom is 0.271 e. The molecule has 11 heteroatoms. The minimum atomic E-state index is -4.06. The molecule has 218 valence electrons. The van der Waals surface area contributed by atoms with Gasteiger partial charge in [-0.25, -0.2) is 8.42 Å². The molecule has 0 saturated heterocycles. The van der Waals surface area contributed by atoms with Gasteiger partial charge in [-0.05, 0) is 44.4 Å². The number of non-ortho nitro benzene ring substituents is 1. The molecule has 41 heavy (non-hydrogen) atoms. The van der Waals surface area contributed by atoms with Crippen molar-refractivity contribution in [1.29, 1.82) is 0 Å². The Hall–Kier alpha value is -4.25. The minimum Gasteiger partial charge on any atom is -0.350 e. The Morgan fingerprint density at radius 2 is 1.51 bits per heavy atom. The third kappa shape index (κ3) is 8.87. The highest BCUT2D eigenvalue weighted by Gasteiger charge is 2.34. The summed E-state index contributed by atoms with van der Waals surface area (Å²) in [4.78, 5) is 40.0. The average molecular weight is 581 g/mol. The molecule has 3 aromatic carbocycles. The first-order valence-electron chi connectivity index (χ1n) is 13.1. The lowest BCUT2D eigenvalue weighted by molar-refractivity contribution is -0.384. The molecule has 1 atom stereocenters. The molecule has 0 fully saturated rings. The van der Waals surface area contributed by atoms with E-state index in [4.69, 9.17) is 0 Å². The lowest BCUT2D eigenvalue weighted by Crippen LogP contribution is -2.56. The van der Waals surface area contributed by atoms with Crippen LogP contribution in [0.25, 0.3) is 0 Å². The SMILES string of the molecule is Cc1ccc([N+](=O)[O-])cc1N(CC(=O)N(Cc1ccccc1)[C@H](Cc1ccccc1)C(=O)NC(C)(C)C)S(C)(=O)=O. The number of aryl methyl sites for hydroxylation is 1. The number of benzene rings is 3. The largest absolute Gasteiger partial charge is 0.350 e. The maximum absolute atomic E-state index is 14.1. The van der Waals surface area contributed by atoms with E-state index in [1.54, 1.807) is 6.92 Å². The van der Waals surface area contributed by atoms with Crippen molar-refractivity contribution >= 4 is 33.2 Å². The Labute approximate surface area is 241 Å². The van der Waals surface area contributed by atoms with Crippen molar-refractivity contribution in [2.24, 2.45) is 0 Å². The second-order valence-electron chi connectivity index (χ2n) is 10.9. The van der Waals surface area contributed by atoms with Crippen molar-refractivity contribution in [2.45, 2.75) is 52.2 Å². The summed E-state index contributed by atoms with van der Waals surface area (Å²) in [5.74, 6) is -1.02. The molecule has 0 saturated carbocycles. The van der Waals surface area contributed by atoms with E-state index in [1.807, 2.05) is 81.4 Å². The summed E-state index contributed by atoms with van der Waals surface area (Å²) in [6.45, 7) is 6.51. The summed E-state index contributed by atoms with van der Waals surface area (Å²) in [5, 5.41) is 14.4. The van der Waals surface area contributed by atoms with Gasteiger partial charge in [-0.1, -0.05) is 66.7 Å². The maximum atomic E-state index is 14.1. The van der Waals surface area contributed by atoms with Crippen LogP contribution in [0.15, 0.2) is 78.9 Å². The van der Waals surface area contributed by atoms with Gasteiger partial charge in [0.1, 0.15) is 12.6 Å². The van der Waals surface area contributed by atoms with E-state index in [9.17, 15) is 28.1 Å². The number of sulfonamides is 1. The Morgan fingerprint density at radius 1 is 0.951 bits per heavy atom. The van der Waals surface area contributed by atoms with Crippen molar-refractivity contribution in [3.05, 3.63) is 106 Å². The van der Waals surface area contributed by atoms with Crippen molar-refractivity contribution in [3.63, 3.8) is 0 Å². The fraction of sp³-hybridized carbons (Fsp3) is 0.333. The van der Waals surface area contributed by atoms with E-state index >= 15 is 0 Å². The molecule has 0 unspecified atom stereocenters. The first-order chi connectivity index (χ1) is 19.2. The summed E-state index contributed by atoms with van der Waals surface area (Å²) in [7, 11) is -4.06. The van der Waals surface area contributed by atoms with Crippen LogP contribution in [0.4, 0.5) is 11.4 Å². The Kier molecular flexibility index (Phi) is 9.88. The van der Waals surface area contributed by atoms with Gasteiger partial charge in [0.05, 0.1) is 16.9 Å². The van der Waals surface area contributed by atoms with Gasteiger partial charge < -0.3 is 10.2 Å². The van der Waals surface area contributed by atoms with Crippen LogP contribution < -0.4 is 9.62 Å². The second kappa shape index (κ2) is 12.9. The summed E-state index contributed by atoms with van der Waals surface area (Å²) in [6, 6.07) is 21.2. The zero-order valence-electron chi connectivity index (χ0n) is 23.9. The van der Waals surface area contributed by atoms with E-state index in [2.05, 4.69) is 5.32 Å². The monoisotopic (exact) mass is 580 g/mol. The Balaban J connectivity index is 2.10. The third-order valence-corrected chi connectivity index (χ3v) is 7.44. The number of hydrogen-bond donors (Lipinski definition) is 1. The molecule has 3 rings (SSSR count). The number of nitro groups is 1. The number of amides is 2. The number of nitro benzene ring substituents is 1. The highest BCUT2D eigenvalue weighted by molar-refractivity contribution is 7.92. The predicted octanol–water partition coefficient (Wildman–Crippen LogP) is 4.22. The third-order valence-electron chi connectivity index (χ3n) is 6.32. The lowest BCUT2D eigenvalue weighted by Gasteiger charge is -2.35. The number of nitrogens with zero attached hydrogens (tertiary/aromatic N) is 3. The molecule has 1 N–H and O–H groups in total. The van der Waals surface area contributed by atoms with Gasteiger partial charge in [0.2, 0.25) is 21.8 Å². The highest BCUT2D eigenvalue weighted by atomic mass is 32.2. The number of carbonyl (C=O) groups excluding carboxylic acids is 2. The normalized spacial score (nSPS) is 12.3. The molecule has 0 aliphatic carbocycles. The van der Waals surface area contributed by atoms with E-state index in [1.165, 1.54) is 17.0 Å². The number of anilines is 1. The average Bonchev–Trinajstić information content (AvgIpc) is 2.89. The standard InChI is InChI=1S/C30H36N4O6S/c1-22-16-17-25(34(37)38)19-26(22)33(41(5,39)40)21-28(35)32(20-24-14-10-7-11-15-24)27(29(36)31-30(2,3)4)18-23-12-8-6-9-13-23/h6-17,19,27H,18,20-21H2,1-5H3,(H,31,36)/t27-/m1/s1. The summed E-state index contributed by atoms with van der Waals surface area (Å²) < 4.78 is 26.8. The molecular weight excluding hydrogens is 544 g/mol. The van der Waals surface area contributed by atoms with Crippen molar-refractivity contribution in [1.82, 2.24) is 10.2 Å². The number of hydrogen-bond acceptors (Lipinski definition) is 6. The fourth-order valence-corrected chi connectivity index (χ4v) is 5.26. The molecule has 3 aromatic rings. The molecule has 10 nitrogen and oxygen atoms in total. The lowest BCUT2D eigenvalue weighted by atomic mass is 10.0. The van der Waals surface area contributed by atoms with E-state index in [-0.39, 0.29) is 30.2 Å². The first-order valence-corrected chi connectivity index (χ1v) is 14.9. The van der Waals surface area contributed by atoms with E-state index in [0.717, 1.165) is 27.8 Å². The van der Waals surface area contributed by atoms with Crippen LogP contribution in [-0.4, -0.2) is 54.4 Å². The second-order valence-corrected chi connectivity index (χ2v) is 12.9. The fourth-order valence-electron chi connectivity index (χ4n) is 4.36. The first kappa shape index (κ1) is 31.3. The Bertz CT molecular complexity index is 1490. The van der Waals surface area contributed by atoms with Gasteiger partial charge in [-0.2, -0.15) is 0 Å². The highest BCUT2D eigenvalue weighted by Crippen LogP contribution is 2.28. The van der Waals surface area contributed by atoms with Crippen LogP contribution >= 0.6 is 0 Å². The summed E-state index contributed by atoms with van der Waals surface area (Å²) in [6.07, 6.45) is 1.13. The predicted molar refractivity (Wildman–Crippen MR) is 159 cm³/mol. The molecule has 0 heterocycles. The summed E-state index contributed by atoms with van der Waals surface area (Å²) in [5.41, 5.74) is 1.14. The van der Waals surface area contributed by atoms with Crippen LogP contribution in [0.2, 0.25) is 0 Å². The van der Waals surface area contributed by atoms with E-state index in [0.29, 0.717) is 5.56 Å². The van der Waals surface area contributed by atoms with Crippen molar-refractivity contribution < 1.29 is 22.9 Å². The molecule has 0 bridgehead atoms. The van der Waals surface area contributed by atoms with Crippen LogP contribution in [0.5, 0.6) is 0 Å². The van der Waals surface area contributed by atoms with Crippen molar-refractivity contribution in [2.75, 3.05) is 17.1 Å². The van der Waals surface area contributed by atoms with Crippen LogP contribution in [0.1, 0.15) is 37.5 Å². The topological polar surface area (TPSA) is 130 Å². The van der Waals surface area contributed by atoms with Gasteiger partial charge in [-0.3, -0.25) is 24.0 Å². The minimum absolute atomic E-state index is 0.0217. The van der Waals surface area contributed by atoms with Crippen LogP contribution in [-0.2, 0) is 32.6 Å². The molecule has 0 aliphatic rings.